The number of nitrogens with one attached hydrogen (secondary N) is 2. The lowest BCUT2D eigenvalue weighted by Gasteiger charge is -2.08. The van der Waals surface area contributed by atoms with Crippen molar-refractivity contribution >= 4 is 27.5 Å². The monoisotopic (exact) mass is 330 g/mol. The fourth-order valence-electron chi connectivity index (χ4n) is 1.64. The maximum atomic E-state index is 11.9. The van der Waals surface area contributed by atoms with Crippen LogP contribution in [0.5, 0.6) is 0 Å². The van der Waals surface area contributed by atoms with E-state index in [1.165, 1.54) is 24.4 Å². The van der Waals surface area contributed by atoms with E-state index < -0.39 is 10.0 Å². The predicted molar refractivity (Wildman–Crippen MR) is 86.3 cm³/mol. The Labute approximate surface area is 133 Å². The Morgan fingerprint density at radius 2 is 2.04 bits per heavy atom. The van der Waals surface area contributed by atoms with Gasteiger partial charge in [-0.25, -0.2) is 18.1 Å². The third kappa shape index (κ3) is 4.03. The number of anilines is 3. The predicted octanol–water partition coefficient (Wildman–Crippen LogP) is 1.14. The lowest BCUT2D eigenvalue weighted by Crippen LogP contribution is -2.23. The van der Waals surface area contributed by atoms with Crippen molar-refractivity contribution in [1.29, 1.82) is 5.26 Å². The number of nitrogen functional groups attached to an aromatic ring is 1. The van der Waals surface area contributed by atoms with Crippen molar-refractivity contribution in [3.63, 3.8) is 0 Å². The maximum Gasteiger partial charge on any atom is 0.240 e. The molecule has 0 amide bonds. The quantitative estimate of drug-likeness (QED) is 0.676. The Hall–Kier alpha value is -2.96. The van der Waals surface area contributed by atoms with Crippen molar-refractivity contribution in [2.75, 3.05) is 17.6 Å². The molecule has 0 aliphatic heterocycles. The lowest BCUT2D eigenvalue weighted by molar-refractivity contribution is 0.585. The average molecular weight is 330 g/mol. The highest BCUT2D eigenvalue weighted by atomic mass is 32.2. The number of hydrogen-bond donors (Lipinski definition) is 3. The first kappa shape index (κ1) is 16.4. The van der Waals surface area contributed by atoms with Gasteiger partial charge in [-0.15, -0.1) is 6.58 Å². The highest BCUT2D eigenvalue weighted by Crippen LogP contribution is 2.18. The van der Waals surface area contributed by atoms with E-state index in [1.54, 1.807) is 12.1 Å². The van der Waals surface area contributed by atoms with E-state index in [9.17, 15) is 8.42 Å². The smallest absolute Gasteiger partial charge is 0.240 e. The molecular weight excluding hydrogens is 316 g/mol. The molecule has 0 saturated carbocycles. The standard InChI is InChI=1S/C14H14N6O2S/c1-2-7-18-23(21,22)12-5-3-11(4-6-12)19-14-17-9-10(8-15)13(16)20-14/h2-6,9,18H,1,7H2,(H3,16,17,19,20). The van der Waals surface area contributed by atoms with Crippen LogP contribution in [0.25, 0.3) is 0 Å². The van der Waals surface area contributed by atoms with Gasteiger partial charge >= 0.3 is 0 Å². The van der Waals surface area contributed by atoms with E-state index in [4.69, 9.17) is 11.0 Å². The van der Waals surface area contributed by atoms with Gasteiger partial charge in [0.05, 0.1) is 11.1 Å². The van der Waals surface area contributed by atoms with Crippen LogP contribution < -0.4 is 15.8 Å². The van der Waals surface area contributed by atoms with Gasteiger partial charge in [-0.2, -0.15) is 10.2 Å². The first-order valence-electron chi connectivity index (χ1n) is 6.46. The number of hydrogen-bond acceptors (Lipinski definition) is 7. The molecule has 1 aromatic carbocycles. The molecule has 0 aliphatic rings. The summed E-state index contributed by atoms with van der Waals surface area (Å²) in [5.41, 5.74) is 6.37. The van der Waals surface area contributed by atoms with Crippen LogP contribution in [0.4, 0.5) is 17.5 Å². The van der Waals surface area contributed by atoms with Crippen LogP contribution in [-0.2, 0) is 10.0 Å². The largest absolute Gasteiger partial charge is 0.382 e. The van der Waals surface area contributed by atoms with Gasteiger partial charge in [0.1, 0.15) is 17.5 Å². The molecule has 0 radical (unpaired) electrons. The number of aromatic nitrogens is 2. The topological polar surface area (TPSA) is 134 Å². The SMILES string of the molecule is C=CCNS(=O)(=O)c1ccc(Nc2ncc(C#N)c(N)n2)cc1. The molecule has 2 aromatic rings. The summed E-state index contributed by atoms with van der Waals surface area (Å²) < 4.78 is 26.2. The minimum atomic E-state index is -3.56. The number of nitriles is 1. The Balaban J connectivity index is 2.16. The van der Waals surface area contributed by atoms with Crippen molar-refractivity contribution < 1.29 is 8.42 Å². The summed E-state index contributed by atoms with van der Waals surface area (Å²) in [5.74, 6) is 0.278. The second-order valence-electron chi connectivity index (χ2n) is 4.39. The highest BCUT2D eigenvalue weighted by Gasteiger charge is 2.12. The van der Waals surface area contributed by atoms with E-state index >= 15 is 0 Å². The Kier molecular flexibility index (Phi) is 4.90. The van der Waals surface area contributed by atoms with Crippen LogP contribution in [0.1, 0.15) is 5.56 Å². The third-order valence-electron chi connectivity index (χ3n) is 2.78. The van der Waals surface area contributed by atoms with E-state index in [-0.39, 0.29) is 28.8 Å². The number of benzene rings is 1. The van der Waals surface area contributed by atoms with Gasteiger partial charge in [0, 0.05) is 12.2 Å². The van der Waals surface area contributed by atoms with Gasteiger partial charge in [-0.1, -0.05) is 6.08 Å². The van der Waals surface area contributed by atoms with Crippen LogP contribution >= 0.6 is 0 Å². The molecule has 23 heavy (non-hydrogen) atoms. The van der Waals surface area contributed by atoms with Crippen LogP contribution in [-0.4, -0.2) is 24.9 Å². The van der Waals surface area contributed by atoms with E-state index in [0.717, 1.165) is 0 Å². The number of rotatable bonds is 6. The molecule has 9 heteroatoms. The Bertz CT molecular complexity index is 856. The molecule has 0 unspecified atom stereocenters. The van der Waals surface area contributed by atoms with Gasteiger partial charge in [-0.05, 0) is 24.3 Å². The molecule has 0 aliphatic carbocycles. The van der Waals surface area contributed by atoms with E-state index in [2.05, 4.69) is 26.6 Å². The molecule has 0 spiro atoms. The molecular formula is C14H14N6O2S. The fraction of sp³-hybridized carbons (Fsp3) is 0.0714. The minimum Gasteiger partial charge on any atom is -0.382 e. The second-order valence-corrected chi connectivity index (χ2v) is 6.16. The average Bonchev–Trinajstić information content (AvgIpc) is 2.54. The van der Waals surface area contributed by atoms with E-state index in [1.807, 2.05) is 6.07 Å². The molecule has 0 fully saturated rings. The summed E-state index contributed by atoms with van der Waals surface area (Å²) in [4.78, 5) is 8.02. The number of sulfonamides is 1. The fourth-order valence-corrected chi connectivity index (χ4v) is 2.64. The first-order chi connectivity index (χ1) is 11.0. The number of nitrogens with two attached hydrogens (primary N) is 1. The summed E-state index contributed by atoms with van der Waals surface area (Å²) >= 11 is 0. The van der Waals surface area contributed by atoms with Crippen molar-refractivity contribution in [2.45, 2.75) is 4.90 Å². The van der Waals surface area contributed by atoms with Crippen LogP contribution in [0, 0.1) is 11.3 Å². The summed E-state index contributed by atoms with van der Waals surface area (Å²) in [7, 11) is -3.56. The summed E-state index contributed by atoms with van der Waals surface area (Å²) in [6.45, 7) is 3.61. The molecule has 8 nitrogen and oxygen atoms in total. The van der Waals surface area contributed by atoms with Crippen LogP contribution in [0.3, 0.4) is 0 Å². The zero-order valence-corrected chi connectivity index (χ0v) is 12.8. The summed E-state index contributed by atoms with van der Waals surface area (Å²) in [6, 6.07) is 7.90. The van der Waals surface area contributed by atoms with Crippen molar-refractivity contribution in [3.05, 3.63) is 48.7 Å². The molecule has 2 rings (SSSR count). The first-order valence-corrected chi connectivity index (χ1v) is 7.95. The van der Waals surface area contributed by atoms with Crippen molar-refractivity contribution in [2.24, 2.45) is 0 Å². The van der Waals surface area contributed by atoms with Crippen LogP contribution in [0.2, 0.25) is 0 Å². The van der Waals surface area contributed by atoms with Crippen LogP contribution in [0.15, 0.2) is 48.0 Å². The summed E-state index contributed by atoms with van der Waals surface area (Å²) in [6.07, 6.45) is 2.77. The normalized spacial score (nSPS) is 10.7. The Morgan fingerprint density at radius 3 is 2.61 bits per heavy atom. The van der Waals surface area contributed by atoms with Gasteiger partial charge in [0.2, 0.25) is 16.0 Å². The molecule has 1 aromatic heterocycles. The van der Waals surface area contributed by atoms with Gasteiger partial charge in [0.15, 0.2) is 0 Å². The highest BCUT2D eigenvalue weighted by molar-refractivity contribution is 7.89. The third-order valence-corrected chi connectivity index (χ3v) is 4.22. The molecule has 1 heterocycles. The molecule has 118 valence electrons. The maximum absolute atomic E-state index is 11.9. The molecule has 4 N–H and O–H groups in total. The summed E-state index contributed by atoms with van der Waals surface area (Å²) in [5, 5.41) is 11.6. The molecule has 0 saturated heterocycles. The van der Waals surface area contributed by atoms with Crippen molar-refractivity contribution in [3.8, 4) is 6.07 Å². The van der Waals surface area contributed by atoms with Crippen molar-refractivity contribution in [1.82, 2.24) is 14.7 Å². The zero-order chi connectivity index (χ0) is 16.9. The van der Waals surface area contributed by atoms with Gasteiger partial charge in [-0.3, -0.25) is 0 Å². The lowest BCUT2D eigenvalue weighted by atomic mass is 10.3. The Morgan fingerprint density at radius 1 is 1.35 bits per heavy atom. The number of nitrogens with zero attached hydrogens (tertiary/aromatic N) is 3. The van der Waals surface area contributed by atoms with E-state index in [0.29, 0.717) is 5.69 Å². The second kappa shape index (κ2) is 6.87. The van der Waals surface area contributed by atoms with Gasteiger partial charge in [0.25, 0.3) is 0 Å². The molecule has 0 bridgehead atoms. The zero-order valence-electron chi connectivity index (χ0n) is 12.0. The molecule has 0 atom stereocenters. The van der Waals surface area contributed by atoms with Gasteiger partial charge < -0.3 is 11.1 Å². The minimum absolute atomic E-state index is 0.0674.